The zero-order valence-electron chi connectivity index (χ0n) is 18.7. The highest BCUT2D eigenvalue weighted by Crippen LogP contribution is 2.10. The molecule has 0 saturated carbocycles. The van der Waals surface area contributed by atoms with Crippen molar-refractivity contribution in [3.05, 3.63) is 41.7 Å². The van der Waals surface area contributed by atoms with Crippen LogP contribution in [-0.4, -0.2) is 90.1 Å². The summed E-state index contributed by atoms with van der Waals surface area (Å²) in [5.74, 6) is 0. The van der Waals surface area contributed by atoms with Crippen LogP contribution in [0.15, 0.2) is 30.5 Å². The van der Waals surface area contributed by atoms with Crippen molar-refractivity contribution in [2.45, 2.75) is 25.9 Å². The predicted molar refractivity (Wildman–Crippen MR) is 119 cm³/mol. The normalized spacial score (nSPS) is 11.3. The molecule has 0 atom stereocenters. The molecule has 2 rings (SSSR count). The summed E-state index contributed by atoms with van der Waals surface area (Å²) in [6, 6.07) is 7.87. The molecule has 0 fully saturated rings. The highest BCUT2D eigenvalue weighted by atomic mass is 16.2. The number of amides is 2. The Kier molecular flexibility index (Phi) is 9.72. The van der Waals surface area contributed by atoms with Gasteiger partial charge in [-0.15, -0.1) is 5.10 Å². The second-order valence-corrected chi connectivity index (χ2v) is 7.99. The van der Waals surface area contributed by atoms with Gasteiger partial charge in [0, 0.05) is 26.2 Å². The van der Waals surface area contributed by atoms with Crippen molar-refractivity contribution in [1.29, 1.82) is 0 Å². The summed E-state index contributed by atoms with van der Waals surface area (Å²) in [4.78, 5) is 19.0. The Bertz CT molecular complexity index is 760. The molecule has 3 N–H and O–H groups in total. The minimum Gasteiger partial charge on any atom is -0.334 e. The average molecular weight is 417 g/mol. The molecule has 30 heavy (non-hydrogen) atoms. The van der Waals surface area contributed by atoms with Gasteiger partial charge in [0.1, 0.15) is 0 Å². The highest BCUT2D eigenvalue weighted by Gasteiger charge is 2.13. The second-order valence-electron chi connectivity index (χ2n) is 7.99. The van der Waals surface area contributed by atoms with Crippen molar-refractivity contribution in [3.8, 4) is 5.69 Å². The van der Waals surface area contributed by atoms with Crippen LogP contribution in [0.3, 0.4) is 0 Å². The fraction of sp³-hybridized carbons (Fsp3) is 0.571. The molecule has 2 amide bonds. The largest absolute Gasteiger partial charge is 0.334 e. The van der Waals surface area contributed by atoms with E-state index in [2.05, 4.69) is 53.6 Å². The van der Waals surface area contributed by atoms with Gasteiger partial charge in [-0.2, -0.15) is 0 Å². The van der Waals surface area contributed by atoms with Gasteiger partial charge in [-0.25, -0.2) is 9.48 Å². The Morgan fingerprint density at radius 3 is 2.30 bits per heavy atom. The summed E-state index contributed by atoms with van der Waals surface area (Å²) in [5, 5.41) is 11.2. The van der Waals surface area contributed by atoms with Crippen molar-refractivity contribution < 1.29 is 4.79 Å². The minimum atomic E-state index is -0.0240. The summed E-state index contributed by atoms with van der Waals surface area (Å²) in [6.45, 7) is 4.23. The van der Waals surface area contributed by atoms with Crippen LogP contribution in [-0.2, 0) is 13.1 Å². The molecule has 166 valence electrons. The zero-order valence-corrected chi connectivity index (χ0v) is 18.7. The summed E-state index contributed by atoms with van der Waals surface area (Å²) in [7, 11) is 8.20. The van der Waals surface area contributed by atoms with E-state index < -0.39 is 0 Å². The maximum Gasteiger partial charge on any atom is 0.317 e. The number of hydrogen-bond donors (Lipinski definition) is 2. The monoisotopic (exact) mass is 416 g/mol. The zero-order chi connectivity index (χ0) is 21.9. The molecule has 0 aliphatic heterocycles. The Morgan fingerprint density at radius 2 is 1.73 bits per heavy atom. The molecule has 1 heterocycles. The van der Waals surface area contributed by atoms with Gasteiger partial charge in [0.05, 0.1) is 17.6 Å². The summed E-state index contributed by atoms with van der Waals surface area (Å²) >= 11 is 0. The van der Waals surface area contributed by atoms with Crippen molar-refractivity contribution in [2.24, 2.45) is 5.73 Å². The summed E-state index contributed by atoms with van der Waals surface area (Å²) in [6.07, 6.45) is 3.72. The van der Waals surface area contributed by atoms with E-state index in [1.54, 1.807) is 4.68 Å². The maximum absolute atomic E-state index is 12.8. The number of nitrogens with zero attached hydrogens (tertiary/aromatic N) is 6. The molecule has 1 aromatic heterocycles. The van der Waals surface area contributed by atoms with Gasteiger partial charge in [-0.1, -0.05) is 17.3 Å². The van der Waals surface area contributed by atoms with Crippen molar-refractivity contribution in [2.75, 3.05) is 54.4 Å². The first-order valence-electron chi connectivity index (χ1n) is 10.4. The molecule has 0 aliphatic rings. The number of aromatic nitrogens is 3. The second kappa shape index (κ2) is 12.3. The topological polar surface area (TPSA) is 95.5 Å². The molecule has 0 unspecified atom stereocenters. The summed E-state index contributed by atoms with van der Waals surface area (Å²) in [5.41, 5.74) is 8.24. The number of carbonyl (C=O) groups is 1. The number of rotatable bonds is 12. The molecular weight excluding hydrogens is 380 g/mol. The number of hydrogen-bond acceptors (Lipinski definition) is 6. The van der Waals surface area contributed by atoms with E-state index in [-0.39, 0.29) is 6.03 Å². The van der Waals surface area contributed by atoms with Gasteiger partial charge in [0.25, 0.3) is 0 Å². The van der Waals surface area contributed by atoms with E-state index in [4.69, 9.17) is 5.73 Å². The third-order valence-corrected chi connectivity index (χ3v) is 4.72. The van der Waals surface area contributed by atoms with Crippen molar-refractivity contribution in [1.82, 2.24) is 35.0 Å². The molecule has 1 aromatic carbocycles. The fourth-order valence-corrected chi connectivity index (χ4v) is 3.09. The lowest BCUT2D eigenvalue weighted by Gasteiger charge is -2.24. The number of nitrogens with one attached hydrogen (secondary N) is 1. The highest BCUT2D eigenvalue weighted by molar-refractivity contribution is 5.74. The smallest absolute Gasteiger partial charge is 0.317 e. The van der Waals surface area contributed by atoms with Crippen LogP contribution in [0.4, 0.5) is 4.79 Å². The van der Waals surface area contributed by atoms with Crippen LogP contribution in [0, 0.1) is 0 Å². The SMILES string of the molecule is CN(C)CCCN(CCCN(C)C)C(=O)NCc1cccc(-n2cc(CN)nn2)c1. The van der Waals surface area contributed by atoms with Crippen LogP contribution in [0.25, 0.3) is 5.69 Å². The summed E-state index contributed by atoms with van der Waals surface area (Å²) < 4.78 is 1.70. The Hall–Kier alpha value is -2.49. The van der Waals surface area contributed by atoms with Crippen LogP contribution in [0.5, 0.6) is 0 Å². The van der Waals surface area contributed by atoms with Crippen LogP contribution in [0.1, 0.15) is 24.1 Å². The van der Waals surface area contributed by atoms with Gasteiger partial charge in [-0.05, 0) is 71.8 Å². The third-order valence-electron chi connectivity index (χ3n) is 4.72. The molecule has 0 radical (unpaired) electrons. The van der Waals surface area contributed by atoms with E-state index >= 15 is 0 Å². The number of urea groups is 1. The minimum absolute atomic E-state index is 0.0240. The van der Waals surface area contributed by atoms with Gasteiger partial charge in [0.15, 0.2) is 0 Å². The first kappa shape index (κ1) is 23.8. The average Bonchev–Trinajstić information content (AvgIpc) is 3.20. The lowest BCUT2D eigenvalue weighted by atomic mass is 10.2. The van der Waals surface area contributed by atoms with E-state index in [0.717, 1.165) is 56.0 Å². The molecule has 0 saturated heterocycles. The van der Waals surface area contributed by atoms with Crippen LogP contribution >= 0.6 is 0 Å². The molecule has 0 bridgehead atoms. The van der Waals surface area contributed by atoms with Gasteiger partial charge < -0.3 is 25.8 Å². The van der Waals surface area contributed by atoms with E-state index in [9.17, 15) is 4.79 Å². The van der Waals surface area contributed by atoms with Crippen LogP contribution < -0.4 is 11.1 Å². The third kappa shape index (κ3) is 8.10. The first-order valence-corrected chi connectivity index (χ1v) is 10.4. The number of carbonyl (C=O) groups excluding carboxylic acids is 1. The van der Waals surface area contributed by atoms with Gasteiger partial charge in [-0.3, -0.25) is 0 Å². The molecule has 9 heteroatoms. The number of nitrogens with two attached hydrogens (primary N) is 1. The van der Waals surface area contributed by atoms with Crippen molar-refractivity contribution >= 4 is 6.03 Å². The lowest BCUT2D eigenvalue weighted by molar-refractivity contribution is 0.191. The molecule has 9 nitrogen and oxygen atoms in total. The van der Waals surface area contributed by atoms with E-state index in [1.807, 2.05) is 35.4 Å². The van der Waals surface area contributed by atoms with Gasteiger partial charge >= 0.3 is 6.03 Å². The fourth-order valence-electron chi connectivity index (χ4n) is 3.09. The standard InChI is InChI=1S/C21H36N8O/c1-26(2)10-6-12-28(13-7-11-27(3)4)21(30)23-16-18-8-5-9-20(14-18)29-17-19(15-22)24-25-29/h5,8-9,14,17H,6-7,10-13,15-16,22H2,1-4H3,(H,23,30). The van der Waals surface area contributed by atoms with Crippen LogP contribution in [0.2, 0.25) is 0 Å². The Labute approximate surface area is 179 Å². The predicted octanol–water partition coefficient (Wildman–Crippen LogP) is 1.14. The molecule has 0 spiro atoms. The van der Waals surface area contributed by atoms with E-state index in [1.165, 1.54) is 0 Å². The van der Waals surface area contributed by atoms with Gasteiger partial charge in [0.2, 0.25) is 0 Å². The molecule has 2 aromatic rings. The Morgan fingerprint density at radius 1 is 1.07 bits per heavy atom. The van der Waals surface area contributed by atoms with E-state index in [0.29, 0.717) is 13.1 Å². The molecular formula is C21H36N8O. The first-order chi connectivity index (χ1) is 14.4. The maximum atomic E-state index is 12.8. The lowest BCUT2D eigenvalue weighted by Crippen LogP contribution is -2.42. The quantitative estimate of drug-likeness (QED) is 0.539. The Balaban J connectivity index is 1.94. The number of benzene rings is 1. The molecule has 0 aliphatic carbocycles. The van der Waals surface area contributed by atoms with Crippen molar-refractivity contribution in [3.63, 3.8) is 0 Å².